The highest BCUT2D eigenvalue weighted by Gasteiger charge is 2.54. The van der Waals surface area contributed by atoms with Gasteiger partial charge in [-0.15, -0.1) is 0 Å². The molecule has 0 saturated carbocycles. The molecule has 1 aromatic carbocycles. The van der Waals surface area contributed by atoms with E-state index in [9.17, 15) is 9.59 Å². The molecule has 2 fully saturated rings. The number of fused-ring (bicyclic) bond motifs is 1. The Hall–Kier alpha value is -2.71. The lowest BCUT2D eigenvalue weighted by Gasteiger charge is -2.61. The topological polar surface area (TPSA) is 90.5 Å². The van der Waals surface area contributed by atoms with E-state index in [4.69, 9.17) is 11.6 Å². The number of aromatic nitrogens is 2. The number of hydrogen-bond donors (Lipinski definition) is 2. The summed E-state index contributed by atoms with van der Waals surface area (Å²) in [6, 6.07) is 7.89. The van der Waals surface area contributed by atoms with Crippen molar-refractivity contribution in [3.63, 3.8) is 0 Å². The number of rotatable bonds is 6. The zero-order valence-corrected chi connectivity index (χ0v) is 19.7. The maximum Gasteiger partial charge on any atom is 0.231 e. The zero-order chi connectivity index (χ0) is 23.2. The number of likely N-dealkylation sites (tertiary alicyclic amines) is 1. The highest BCUT2D eigenvalue weighted by atomic mass is 35.5. The smallest absolute Gasteiger partial charge is 0.231 e. The summed E-state index contributed by atoms with van der Waals surface area (Å²) < 4.78 is 0. The van der Waals surface area contributed by atoms with Crippen LogP contribution in [0.15, 0.2) is 30.6 Å². The van der Waals surface area contributed by atoms with Gasteiger partial charge in [-0.1, -0.05) is 37.6 Å². The molecule has 0 radical (unpaired) electrons. The van der Waals surface area contributed by atoms with Gasteiger partial charge in [0.05, 0.1) is 5.92 Å². The first-order chi connectivity index (χ1) is 15.8. The maximum atomic E-state index is 13.4. The van der Waals surface area contributed by atoms with Crippen molar-refractivity contribution < 1.29 is 9.59 Å². The quantitative estimate of drug-likeness (QED) is 0.676. The second-order valence-electron chi connectivity index (χ2n) is 9.79. The molecule has 2 aromatic rings. The lowest BCUT2D eigenvalue weighted by molar-refractivity contribution is -0.146. The van der Waals surface area contributed by atoms with Crippen LogP contribution in [0.3, 0.4) is 0 Å². The first kappa shape index (κ1) is 22.1. The van der Waals surface area contributed by atoms with Gasteiger partial charge in [0.2, 0.25) is 11.8 Å². The largest absolute Gasteiger partial charge is 0.355 e. The first-order valence-corrected chi connectivity index (χ1v) is 11.9. The normalized spacial score (nSPS) is 19.6. The monoisotopic (exact) mass is 468 g/mol. The maximum absolute atomic E-state index is 13.4. The Morgan fingerprint density at radius 3 is 2.58 bits per heavy atom. The van der Waals surface area contributed by atoms with Crippen molar-refractivity contribution in [2.45, 2.75) is 38.6 Å². The Kier molecular flexibility index (Phi) is 5.74. The number of halogens is 1. The van der Waals surface area contributed by atoms with Gasteiger partial charge in [0.1, 0.15) is 18.0 Å². The second-order valence-corrected chi connectivity index (χ2v) is 10.2. The van der Waals surface area contributed by atoms with E-state index < -0.39 is 0 Å². The summed E-state index contributed by atoms with van der Waals surface area (Å²) in [5.41, 5.74) is 2.13. The van der Waals surface area contributed by atoms with Crippen LogP contribution in [0.1, 0.15) is 37.3 Å². The van der Waals surface area contributed by atoms with E-state index in [2.05, 4.69) is 39.3 Å². The molecule has 33 heavy (non-hydrogen) atoms. The van der Waals surface area contributed by atoms with Gasteiger partial charge < -0.3 is 20.4 Å². The molecule has 8 nitrogen and oxygen atoms in total. The average Bonchev–Trinajstić information content (AvgIpc) is 2.72. The SMILES string of the molecule is CC(C)NCC(C(=O)N1CC2(C1)CN(c1ncnc3c1CCC(=O)N3)C2)c1ccc(Cl)cc1. The van der Waals surface area contributed by atoms with Crippen molar-refractivity contribution in [3.8, 4) is 0 Å². The molecule has 3 aliphatic rings. The number of hydrogen-bond acceptors (Lipinski definition) is 6. The summed E-state index contributed by atoms with van der Waals surface area (Å²) in [6.07, 6.45) is 2.64. The van der Waals surface area contributed by atoms with E-state index in [-0.39, 0.29) is 23.1 Å². The number of anilines is 2. The van der Waals surface area contributed by atoms with Crippen molar-refractivity contribution in [3.05, 3.63) is 46.7 Å². The lowest BCUT2D eigenvalue weighted by atomic mass is 9.72. The van der Waals surface area contributed by atoms with Crippen LogP contribution in [0.2, 0.25) is 5.02 Å². The highest BCUT2D eigenvalue weighted by molar-refractivity contribution is 6.30. The minimum Gasteiger partial charge on any atom is -0.355 e. The van der Waals surface area contributed by atoms with E-state index in [1.54, 1.807) is 0 Å². The van der Waals surface area contributed by atoms with E-state index in [1.165, 1.54) is 6.33 Å². The summed E-state index contributed by atoms with van der Waals surface area (Å²) in [7, 11) is 0. The third kappa shape index (κ3) is 4.29. The number of benzene rings is 1. The van der Waals surface area contributed by atoms with Crippen LogP contribution in [0.5, 0.6) is 0 Å². The molecule has 3 aliphatic heterocycles. The van der Waals surface area contributed by atoms with Crippen LogP contribution in [0.25, 0.3) is 0 Å². The van der Waals surface area contributed by atoms with Crippen LogP contribution in [0.4, 0.5) is 11.6 Å². The van der Waals surface area contributed by atoms with Gasteiger partial charge in [-0.25, -0.2) is 9.97 Å². The van der Waals surface area contributed by atoms with Gasteiger partial charge in [0.15, 0.2) is 0 Å². The molecule has 5 rings (SSSR count). The molecule has 0 bridgehead atoms. The Morgan fingerprint density at radius 2 is 1.88 bits per heavy atom. The van der Waals surface area contributed by atoms with Crippen molar-refractivity contribution in [1.29, 1.82) is 0 Å². The van der Waals surface area contributed by atoms with Gasteiger partial charge in [0, 0.05) is 61.2 Å². The van der Waals surface area contributed by atoms with Crippen LogP contribution in [0, 0.1) is 5.41 Å². The van der Waals surface area contributed by atoms with Crippen molar-refractivity contribution in [2.75, 3.05) is 42.9 Å². The fraction of sp³-hybridized carbons (Fsp3) is 0.500. The number of nitrogens with one attached hydrogen (secondary N) is 2. The van der Waals surface area contributed by atoms with Crippen LogP contribution < -0.4 is 15.5 Å². The fourth-order valence-corrected chi connectivity index (χ4v) is 5.22. The molecule has 4 heterocycles. The van der Waals surface area contributed by atoms with Gasteiger partial charge in [-0.2, -0.15) is 0 Å². The summed E-state index contributed by atoms with van der Waals surface area (Å²) in [6.45, 7) is 8.03. The van der Waals surface area contributed by atoms with Crippen LogP contribution in [-0.2, 0) is 16.0 Å². The minimum atomic E-state index is -0.226. The third-order valence-electron chi connectivity index (χ3n) is 6.80. The molecule has 2 saturated heterocycles. The lowest BCUT2D eigenvalue weighted by Crippen LogP contribution is -2.73. The molecule has 0 aliphatic carbocycles. The van der Waals surface area contributed by atoms with Crippen molar-refractivity contribution in [2.24, 2.45) is 5.41 Å². The van der Waals surface area contributed by atoms with Gasteiger partial charge in [-0.05, 0) is 24.1 Å². The predicted octanol–water partition coefficient (Wildman–Crippen LogP) is 2.45. The molecule has 1 aromatic heterocycles. The van der Waals surface area contributed by atoms with Crippen LogP contribution >= 0.6 is 11.6 Å². The molecule has 174 valence electrons. The molecule has 2 amide bonds. The van der Waals surface area contributed by atoms with E-state index in [0.717, 1.165) is 43.1 Å². The van der Waals surface area contributed by atoms with E-state index >= 15 is 0 Å². The first-order valence-electron chi connectivity index (χ1n) is 11.5. The van der Waals surface area contributed by atoms with Gasteiger partial charge in [-0.3, -0.25) is 9.59 Å². The van der Waals surface area contributed by atoms with Crippen LogP contribution in [-0.4, -0.2) is 65.4 Å². The van der Waals surface area contributed by atoms with Crippen molar-refractivity contribution in [1.82, 2.24) is 20.2 Å². The summed E-state index contributed by atoms with van der Waals surface area (Å²) >= 11 is 6.06. The Labute approximate surface area is 198 Å². The number of nitrogens with zero attached hydrogens (tertiary/aromatic N) is 4. The third-order valence-corrected chi connectivity index (χ3v) is 7.05. The number of carbonyl (C=O) groups excluding carboxylic acids is 2. The predicted molar refractivity (Wildman–Crippen MR) is 128 cm³/mol. The average molecular weight is 469 g/mol. The standard InChI is InChI=1S/C24H29ClN6O2/c1-15(2)26-9-19(16-3-5-17(25)6-4-16)23(33)31-12-24(13-31)10-30(11-24)22-18-7-8-20(32)29-21(18)27-14-28-22/h3-6,14-15,19,26H,7-13H2,1-2H3,(H,27,28,29,32). The van der Waals surface area contributed by atoms with E-state index in [1.807, 2.05) is 29.2 Å². The zero-order valence-electron chi connectivity index (χ0n) is 19.0. The Balaban J connectivity index is 1.23. The molecule has 9 heteroatoms. The number of carbonyl (C=O) groups is 2. The highest BCUT2D eigenvalue weighted by Crippen LogP contribution is 2.44. The molecular formula is C24H29ClN6O2. The molecule has 1 spiro atoms. The molecule has 2 N–H and O–H groups in total. The Morgan fingerprint density at radius 1 is 1.15 bits per heavy atom. The fourth-order valence-electron chi connectivity index (χ4n) is 5.10. The van der Waals surface area contributed by atoms with Gasteiger partial charge in [0.25, 0.3) is 0 Å². The molecule has 1 atom stereocenters. The summed E-state index contributed by atoms with van der Waals surface area (Å²) in [5.74, 6) is 1.48. The summed E-state index contributed by atoms with van der Waals surface area (Å²) in [4.78, 5) is 38.0. The van der Waals surface area contributed by atoms with E-state index in [0.29, 0.717) is 36.3 Å². The van der Waals surface area contributed by atoms with Gasteiger partial charge >= 0.3 is 0 Å². The Bertz CT molecular complexity index is 1060. The molecule has 1 unspecified atom stereocenters. The minimum absolute atomic E-state index is 0.00238. The molecular weight excluding hydrogens is 440 g/mol. The van der Waals surface area contributed by atoms with Crippen molar-refractivity contribution >= 4 is 35.1 Å². The second kappa shape index (κ2) is 8.57. The number of amides is 2. The summed E-state index contributed by atoms with van der Waals surface area (Å²) in [5, 5.41) is 6.93.